The summed E-state index contributed by atoms with van der Waals surface area (Å²) in [5.74, 6) is 0. The molecular formula is C17H15N2. The largest absolute Gasteiger partial charge is 0.233 e. The molecule has 0 aliphatic carbocycles. The van der Waals surface area contributed by atoms with E-state index in [4.69, 9.17) is 0 Å². The number of rotatable bonds is 2. The summed E-state index contributed by atoms with van der Waals surface area (Å²) in [5.41, 5.74) is 5.30. The summed E-state index contributed by atoms with van der Waals surface area (Å²) in [6, 6.07) is 20.6. The molecule has 1 radical (unpaired) electrons. The van der Waals surface area contributed by atoms with E-state index >= 15 is 0 Å². The Morgan fingerprint density at radius 2 is 1.74 bits per heavy atom. The number of para-hydroxylation sites is 1. The van der Waals surface area contributed by atoms with Gasteiger partial charge in [0.25, 0.3) is 0 Å². The van der Waals surface area contributed by atoms with Crippen LogP contribution in [0.15, 0.2) is 60.7 Å². The molecule has 0 saturated heterocycles. The van der Waals surface area contributed by atoms with E-state index in [1.807, 2.05) is 41.1 Å². The summed E-state index contributed by atoms with van der Waals surface area (Å²) in [5, 5.41) is 4.49. The smallest absolute Gasteiger partial charge is 0.0743 e. The van der Waals surface area contributed by atoms with E-state index in [2.05, 4.69) is 43.2 Å². The maximum absolute atomic E-state index is 4.49. The zero-order valence-corrected chi connectivity index (χ0v) is 10.9. The topological polar surface area (TPSA) is 17.8 Å². The van der Waals surface area contributed by atoms with Crippen LogP contribution in [0.5, 0.6) is 0 Å². The third kappa shape index (κ3) is 2.29. The van der Waals surface area contributed by atoms with E-state index in [9.17, 15) is 0 Å². The number of nitrogens with zero attached hydrogens (tertiary/aromatic N) is 2. The van der Waals surface area contributed by atoms with Gasteiger partial charge in [-0.1, -0.05) is 42.0 Å². The number of aromatic nitrogens is 2. The summed E-state index contributed by atoms with van der Waals surface area (Å²) in [6.45, 7) is 6.04. The van der Waals surface area contributed by atoms with Gasteiger partial charge in [-0.05, 0) is 38.1 Å². The minimum absolute atomic E-state index is 0.778. The fourth-order valence-electron chi connectivity index (χ4n) is 2.21. The Morgan fingerprint density at radius 3 is 2.47 bits per heavy atom. The minimum atomic E-state index is 0.778. The van der Waals surface area contributed by atoms with Crippen LogP contribution in [0.25, 0.3) is 16.9 Å². The van der Waals surface area contributed by atoms with Gasteiger partial charge in [0.1, 0.15) is 0 Å². The molecule has 2 heteroatoms. The van der Waals surface area contributed by atoms with Crippen LogP contribution in [0, 0.1) is 13.8 Å². The standard InChI is InChI=1S/C17H15N2/c1-13-7-6-8-15(11-13)17-12-14(2)18-19(17)16-9-4-3-5-10-16/h3-12H,2H2,1H3. The first-order chi connectivity index (χ1) is 9.24. The van der Waals surface area contributed by atoms with Crippen molar-refractivity contribution in [3.05, 3.63) is 78.8 Å². The second-order valence-corrected chi connectivity index (χ2v) is 4.64. The van der Waals surface area contributed by atoms with Crippen molar-refractivity contribution in [2.24, 2.45) is 0 Å². The van der Waals surface area contributed by atoms with Gasteiger partial charge in [0.15, 0.2) is 0 Å². The SMILES string of the molecule is [CH2]c1cc(-c2cccc(C)c2)n(-c2ccccc2)n1. The Kier molecular flexibility index (Phi) is 2.92. The highest BCUT2D eigenvalue weighted by molar-refractivity contribution is 5.63. The molecule has 93 valence electrons. The Hall–Kier alpha value is -2.35. The molecule has 3 aromatic rings. The highest BCUT2D eigenvalue weighted by Gasteiger charge is 2.09. The lowest BCUT2D eigenvalue weighted by Gasteiger charge is -2.08. The van der Waals surface area contributed by atoms with E-state index < -0.39 is 0 Å². The molecule has 0 amide bonds. The van der Waals surface area contributed by atoms with Gasteiger partial charge in [-0.3, -0.25) is 0 Å². The summed E-state index contributed by atoms with van der Waals surface area (Å²) >= 11 is 0. The molecule has 0 fully saturated rings. The fraction of sp³-hybridized carbons (Fsp3) is 0.0588. The molecule has 0 bridgehead atoms. The molecule has 19 heavy (non-hydrogen) atoms. The van der Waals surface area contributed by atoms with E-state index in [1.54, 1.807) is 0 Å². The highest BCUT2D eigenvalue weighted by Crippen LogP contribution is 2.24. The molecule has 2 aromatic carbocycles. The third-order valence-corrected chi connectivity index (χ3v) is 3.07. The highest BCUT2D eigenvalue weighted by atomic mass is 15.3. The Labute approximate surface area is 113 Å². The van der Waals surface area contributed by atoms with Crippen molar-refractivity contribution in [2.45, 2.75) is 6.92 Å². The normalized spacial score (nSPS) is 10.6. The molecule has 0 saturated carbocycles. The lowest BCUT2D eigenvalue weighted by molar-refractivity contribution is 0.878. The number of benzene rings is 2. The van der Waals surface area contributed by atoms with Gasteiger partial charge in [-0.15, -0.1) is 0 Å². The van der Waals surface area contributed by atoms with Gasteiger partial charge < -0.3 is 0 Å². The molecule has 0 N–H and O–H groups in total. The molecule has 0 aliphatic heterocycles. The van der Waals surface area contributed by atoms with Gasteiger partial charge >= 0.3 is 0 Å². The lowest BCUT2D eigenvalue weighted by atomic mass is 10.1. The first-order valence-corrected chi connectivity index (χ1v) is 6.28. The zero-order valence-electron chi connectivity index (χ0n) is 10.9. The predicted octanol–water partition coefficient (Wildman–Crippen LogP) is 4.03. The van der Waals surface area contributed by atoms with Crippen molar-refractivity contribution < 1.29 is 0 Å². The van der Waals surface area contributed by atoms with Crippen LogP contribution in [-0.2, 0) is 0 Å². The quantitative estimate of drug-likeness (QED) is 0.668. The summed E-state index contributed by atoms with van der Waals surface area (Å²) < 4.78 is 1.94. The van der Waals surface area contributed by atoms with Crippen molar-refractivity contribution >= 4 is 0 Å². The van der Waals surface area contributed by atoms with Gasteiger partial charge in [-0.2, -0.15) is 5.10 Å². The summed E-state index contributed by atoms with van der Waals surface area (Å²) in [4.78, 5) is 0. The second-order valence-electron chi connectivity index (χ2n) is 4.64. The number of hydrogen-bond donors (Lipinski definition) is 0. The first kappa shape index (κ1) is 11.7. The fourth-order valence-corrected chi connectivity index (χ4v) is 2.21. The van der Waals surface area contributed by atoms with Gasteiger partial charge in [0.05, 0.1) is 17.1 Å². The monoisotopic (exact) mass is 247 g/mol. The molecular weight excluding hydrogens is 232 g/mol. The van der Waals surface area contributed by atoms with Crippen LogP contribution in [0.3, 0.4) is 0 Å². The van der Waals surface area contributed by atoms with Crippen LogP contribution in [-0.4, -0.2) is 9.78 Å². The molecule has 0 atom stereocenters. The molecule has 0 spiro atoms. The van der Waals surface area contributed by atoms with Crippen molar-refractivity contribution in [3.63, 3.8) is 0 Å². The third-order valence-electron chi connectivity index (χ3n) is 3.07. The van der Waals surface area contributed by atoms with Gasteiger partial charge in [0, 0.05) is 5.56 Å². The van der Waals surface area contributed by atoms with Crippen LogP contribution >= 0.6 is 0 Å². The minimum Gasteiger partial charge on any atom is -0.233 e. The van der Waals surface area contributed by atoms with E-state index in [1.165, 1.54) is 5.56 Å². The second kappa shape index (κ2) is 4.73. The van der Waals surface area contributed by atoms with Crippen molar-refractivity contribution in [3.8, 4) is 16.9 Å². The Balaban J connectivity index is 2.18. The summed E-state index contributed by atoms with van der Waals surface area (Å²) in [7, 11) is 0. The average Bonchev–Trinajstić information content (AvgIpc) is 2.82. The predicted molar refractivity (Wildman–Crippen MR) is 78.2 cm³/mol. The maximum Gasteiger partial charge on any atom is 0.0743 e. The van der Waals surface area contributed by atoms with Crippen molar-refractivity contribution in [2.75, 3.05) is 0 Å². The average molecular weight is 247 g/mol. The summed E-state index contributed by atoms with van der Waals surface area (Å²) in [6.07, 6.45) is 0. The van der Waals surface area contributed by atoms with Crippen molar-refractivity contribution in [1.29, 1.82) is 0 Å². The van der Waals surface area contributed by atoms with Crippen LogP contribution in [0.1, 0.15) is 11.3 Å². The van der Waals surface area contributed by atoms with Gasteiger partial charge in [0.2, 0.25) is 0 Å². The van der Waals surface area contributed by atoms with Gasteiger partial charge in [-0.25, -0.2) is 4.68 Å². The Bertz CT molecular complexity index is 696. The van der Waals surface area contributed by atoms with E-state index in [0.717, 1.165) is 22.6 Å². The van der Waals surface area contributed by atoms with Crippen molar-refractivity contribution in [1.82, 2.24) is 9.78 Å². The van der Waals surface area contributed by atoms with Crippen LogP contribution in [0.4, 0.5) is 0 Å². The van der Waals surface area contributed by atoms with Crippen LogP contribution in [0.2, 0.25) is 0 Å². The Morgan fingerprint density at radius 1 is 0.947 bits per heavy atom. The number of aryl methyl sites for hydroxylation is 1. The lowest BCUT2D eigenvalue weighted by Crippen LogP contribution is -1.98. The van der Waals surface area contributed by atoms with Crippen LogP contribution < -0.4 is 0 Å². The molecule has 1 heterocycles. The maximum atomic E-state index is 4.49. The molecule has 0 aliphatic rings. The molecule has 0 unspecified atom stereocenters. The van der Waals surface area contributed by atoms with E-state index in [-0.39, 0.29) is 0 Å². The zero-order chi connectivity index (χ0) is 13.2. The first-order valence-electron chi connectivity index (χ1n) is 6.28. The molecule has 2 nitrogen and oxygen atoms in total. The van der Waals surface area contributed by atoms with E-state index in [0.29, 0.717) is 0 Å². The molecule has 3 rings (SSSR count). The number of hydrogen-bond acceptors (Lipinski definition) is 1. The molecule has 1 aromatic heterocycles.